The molecular formula is C60H92N8O26S6. The van der Waals surface area contributed by atoms with Gasteiger partial charge < -0.3 is 99.7 Å². The molecule has 18 N–H and O–H groups in total. The first-order valence-corrected chi connectivity index (χ1v) is 37.9. The van der Waals surface area contributed by atoms with Gasteiger partial charge in [0.2, 0.25) is 12.8 Å². The number of nitrogens with two attached hydrogens (primary N) is 6. The van der Waals surface area contributed by atoms with Crippen LogP contribution in [0.2, 0.25) is 0 Å². The van der Waals surface area contributed by atoms with E-state index in [0.717, 1.165) is 12.8 Å². The van der Waals surface area contributed by atoms with Crippen molar-refractivity contribution >= 4 is 73.5 Å². The van der Waals surface area contributed by atoms with Gasteiger partial charge in [0.25, 0.3) is 0 Å². The van der Waals surface area contributed by atoms with E-state index in [4.69, 9.17) is 0 Å². The highest BCUT2D eigenvalue weighted by Gasteiger charge is 2.26. The first-order valence-electron chi connectivity index (χ1n) is 29.4. The molecule has 100 heavy (non-hydrogen) atoms. The third kappa shape index (κ3) is 31.0. The number of quaternary nitrogens is 6. The molecule has 2 amide bonds. The molecule has 6 aromatic carbocycles. The third-order valence-electron chi connectivity index (χ3n) is 11.9. The lowest BCUT2D eigenvalue weighted by Gasteiger charge is -2.21. The molecule has 0 aliphatic heterocycles. The van der Waals surface area contributed by atoms with Crippen LogP contribution in [0.5, 0.6) is 34.5 Å². The Bertz CT molecular complexity index is 3580. The van der Waals surface area contributed by atoms with Crippen molar-refractivity contribution in [2.75, 3.05) is 113 Å². The van der Waals surface area contributed by atoms with E-state index in [1.165, 1.54) is 9.80 Å². The number of amides is 2. The molecule has 564 valence electrons. The fourth-order valence-electron chi connectivity index (χ4n) is 8.08. The minimum Gasteiger partial charge on any atom is -0.744 e. The van der Waals surface area contributed by atoms with Crippen LogP contribution in [0.25, 0.3) is 0 Å². The number of phenols is 6. The van der Waals surface area contributed by atoms with Crippen molar-refractivity contribution < 1.29 is 150 Å². The van der Waals surface area contributed by atoms with Crippen molar-refractivity contribution in [3.8, 4) is 34.5 Å². The number of nitrogens with zero attached hydrogens (tertiary/aromatic N) is 2. The lowest BCUT2D eigenvalue weighted by Crippen LogP contribution is -2.74. The number of fused-ring (bicyclic) bond motifs is 12. The first kappa shape index (κ1) is 94.3. The number of phenolic OH excluding ortho intramolecular Hbond substituents is 6. The summed E-state index contributed by atoms with van der Waals surface area (Å²) in [5, 5.41) is 81.5. The van der Waals surface area contributed by atoms with Gasteiger partial charge in [0, 0.05) is 66.7 Å². The van der Waals surface area contributed by atoms with Crippen LogP contribution in [0.15, 0.2) is 102 Å². The van der Waals surface area contributed by atoms with Gasteiger partial charge in [-0.3, -0.25) is 9.59 Å². The number of rotatable bonds is 8. The number of hydrogen-bond acceptors (Lipinski definition) is 26. The molecule has 12 bridgehead atoms. The second-order valence-corrected chi connectivity index (χ2v) is 30.2. The Hall–Kier alpha value is -7.72. The van der Waals surface area contributed by atoms with Crippen LogP contribution in [-0.4, -0.2) is 244 Å². The molecule has 0 saturated heterocycles. The number of aromatic hydroxyl groups is 6. The summed E-state index contributed by atoms with van der Waals surface area (Å²) >= 11 is 0. The van der Waals surface area contributed by atoms with Crippen LogP contribution in [0.4, 0.5) is 0 Å². The van der Waals surface area contributed by atoms with Gasteiger partial charge in [0.15, 0.2) is 0 Å². The summed E-state index contributed by atoms with van der Waals surface area (Å²) in [6.45, 7) is 0. The second-order valence-electron chi connectivity index (χ2n) is 21.9. The highest BCUT2D eigenvalue weighted by atomic mass is 32.2. The number of hydrogen-bond donors (Lipinski definition) is 12. The molecule has 0 atom stereocenters. The zero-order chi connectivity index (χ0) is 78.4. The lowest BCUT2D eigenvalue weighted by molar-refractivity contribution is -0.597. The summed E-state index contributed by atoms with van der Waals surface area (Å²) < 4.78 is 225. The van der Waals surface area contributed by atoms with Crippen LogP contribution in [-0.2, 0) is 109 Å². The summed E-state index contributed by atoms with van der Waals surface area (Å²) in [6, 6.07) is 6.48. The van der Waals surface area contributed by atoms with E-state index in [9.17, 15) is 118 Å². The standard InChI is InChI=1S/C42H36O24S6.2C3H7NO.6C2H7N/c43-37-19-1-20-8-32(68(52,53)54)10-22(38(20)44)3-24-12-34(70(58,59)60)14-26(40(24)46)5-28-16-36(72(64,65)66)18-30(42(28)48)6-29-17-35(71(61,62)63)15-27(41(29)47)4-25-13-33(69(55,56)57)11-23(39(25)45)2-21(37)9-31(7-19)67(49,50)51;2*1-4(2)3-5;6*1-3-2/h7-18,43-48H,1-6H2,(H,49,50,51)(H,52,53,54)(H,55,56,57)(H,58,59,60)(H,61,62,63)(H,64,65,66);2*3H,1-2H3;6*3H,1-2H3. The smallest absolute Gasteiger partial charge is 0.209 e. The molecule has 0 unspecified atom stereocenters. The summed E-state index contributed by atoms with van der Waals surface area (Å²) in [5.41, 5.74) is -7.95. The van der Waals surface area contributed by atoms with E-state index in [1.54, 1.807) is 28.2 Å². The maximum absolute atomic E-state index is 12.5. The third-order valence-corrected chi connectivity index (χ3v) is 16.8. The average Bonchev–Trinajstić information content (AvgIpc) is 0.788. The SMILES string of the molecule is CN(C)C=O.CN(C)C=O.C[NH2+]C.C[NH2+]C.C[NH2+]C.C[NH2+]C.C[NH2+]C.C[NH2+]C.O=S(=O)([O-])c1cc2c(O)c(c1)Cc1cc(S(=O)(=O)[O-])cc(c1O)Cc1cc(S(=O)(=O)[O-])cc(c1O)Cc1cc(S(=O)(=O)[O-])cc(c1O)Cc1cc(S(=O)(=O)[O-])cc(c1O)Cc1cc(S(=O)(=O)[O-])cc(c1O)C2. The molecule has 0 radical (unpaired) electrons. The molecule has 6 aromatic rings. The monoisotopic (exact) mass is 1530 g/mol. The van der Waals surface area contributed by atoms with Gasteiger partial charge in [0.1, 0.15) is 95.2 Å². The molecule has 34 nitrogen and oxygen atoms in total. The van der Waals surface area contributed by atoms with Crippen molar-refractivity contribution in [2.45, 2.75) is 67.9 Å². The largest absolute Gasteiger partial charge is 0.744 e. The van der Waals surface area contributed by atoms with E-state index in [2.05, 4.69) is 0 Å². The van der Waals surface area contributed by atoms with E-state index < -0.39 is 230 Å². The molecule has 0 saturated carbocycles. The molecule has 0 spiro atoms. The van der Waals surface area contributed by atoms with Crippen LogP contribution >= 0.6 is 0 Å². The maximum atomic E-state index is 12.5. The van der Waals surface area contributed by atoms with E-state index >= 15 is 0 Å². The predicted octanol–water partition coefficient (Wildman–Crippen LogP) is -6.53. The molecule has 0 fully saturated rings. The van der Waals surface area contributed by atoms with E-state index in [1.807, 2.05) is 116 Å². The van der Waals surface area contributed by atoms with Gasteiger partial charge in [-0.15, -0.1) is 0 Å². The Morgan fingerprint density at radius 2 is 0.330 bits per heavy atom. The Balaban J connectivity index is 0. The van der Waals surface area contributed by atoms with Crippen molar-refractivity contribution in [2.24, 2.45) is 0 Å². The van der Waals surface area contributed by atoms with Crippen molar-refractivity contribution in [1.29, 1.82) is 0 Å². The Morgan fingerprint density at radius 1 is 0.260 bits per heavy atom. The van der Waals surface area contributed by atoms with E-state index in [0.29, 0.717) is 72.8 Å². The van der Waals surface area contributed by atoms with Crippen LogP contribution in [0, 0.1) is 0 Å². The van der Waals surface area contributed by atoms with Gasteiger partial charge in [0.05, 0.1) is 114 Å². The zero-order valence-corrected chi connectivity index (χ0v) is 62.9. The molecule has 1 aliphatic carbocycles. The highest BCUT2D eigenvalue weighted by molar-refractivity contribution is 7.87. The van der Waals surface area contributed by atoms with Crippen molar-refractivity contribution in [1.82, 2.24) is 9.80 Å². The van der Waals surface area contributed by atoms with Crippen LogP contribution < -0.4 is 31.9 Å². The second kappa shape index (κ2) is 42.5. The van der Waals surface area contributed by atoms with Gasteiger partial charge in [-0.2, -0.15) is 0 Å². The molecule has 7 rings (SSSR count). The first-order chi connectivity index (χ1) is 45.9. The summed E-state index contributed by atoms with van der Waals surface area (Å²) in [7, 11) is -2.59. The molecule has 40 heteroatoms. The summed E-state index contributed by atoms with van der Waals surface area (Å²) in [4.78, 5) is 14.9. The predicted molar refractivity (Wildman–Crippen MR) is 355 cm³/mol. The fourth-order valence-corrected chi connectivity index (χ4v) is 11.5. The lowest BCUT2D eigenvalue weighted by atomic mass is 9.91. The Labute approximate surface area is 584 Å². The van der Waals surface area contributed by atoms with Crippen LogP contribution in [0.1, 0.15) is 66.8 Å². The number of benzene rings is 6. The van der Waals surface area contributed by atoms with Crippen molar-refractivity contribution in [3.05, 3.63) is 140 Å². The average molecular weight is 1530 g/mol. The Morgan fingerprint density at radius 3 is 0.380 bits per heavy atom. The quantitative estimate of drug-likeness (QED) is 0.0497. The zero-order valence-electron chi connectivity index (χ0n) is 58.0. The minimum absolute atomic E-state index is 0.540. The molecule has 1 aliphatic rings. The van der Waals surface area contributed by atoms with Crippen molar-refractivity contribution in [3.63, 3.8) is 0 Å². The molecule has 0 aromatic heterocycles. The number of carbonyl (C=O) groups excluding carboxylic acids is 2. The summed E-state index contributed by atoms with van der Waals surface area (Å²) in [6.07, 6.45) is -4.56. The van der Waals surface area contributed by atoms with Crippen LogP contribution in [0.3, 0.4) is 0 Å². The normalized spacial score (nSPS) is 11.9. The highest BCUT2D eigenvalue weighted by Crippen LogP contribution is 2.42. The molecule has 0 heterocycles. The maximum Gasteiger partial charge on any atom is 0.209 e. The van der Waals surface area contributed by atoms with E-state index in [-0.39, 0.29) is 0 Å². The van der Waals surface area contributed by atoms with Gasteiger partial charge in [-0.05, 0) is 140 Å². The minimum atomic E-state index is -5.56. The topological polar surface area (TPSA) is 605 Å². The number of carbonyl (C=O) groups is 2. The molecular weight excluding hydrogens is 1440 g/mol. The van der Waals surface area contributed by atoms with Gasteiger partial charge in [-0.1, -0.05) is 0 Å². The van der Waals surface area contributed by atoms with Gasteiger partial charge >= 0.3 is 0 Å². The van der Waals surface area contributed by atoms with Gasteiger partial charge in [-0.25, -0.2) is 50.5 Å². The summed E-state index contributed by atoms with van der Waals surface area (Å²) in [5.74, 6) is -6.03. The fraction of sp³-hybridized carbons (Fsp3) is 0.367. The Kier molecular flexibility index (Phi) is 40.1.